The molecule has 0 radical (unpaired) electrons. The Hall–Kier alpha value is -0.640. The van der Waals surface area contributed by atoms with Crippen LogP contribution in [0.2, 0.25) is 0 Å². The maximum absolute atomic E-state index is 12.2. The van der Waals surface area contributed by atoms with Gasteiger partial charge in [-0.25, -0.2) is 0 Å². The number of esters is 2. The summed E-state index contributed by atoms with van der Waals surface area (Å²) in [6, 6.07) is 0. The van der Waals surface area contributed by atoms with Crippen molar-refractivity contribution in [3.05, 3.63) is 0 Å². The summed E-state index contributed by atoms with van der Waals surface area (Å²) in [5.74, 6) is 1.79. The van der Waals surface area contributed by atoms with Gasteiger partial charge in [-0.05, 0) is 84.1 Å². The molecule has 0 aromatic rings. The summed E-state index contributed by atoms with van der Waals surface area (Å²) in [6.07, 6.45) is 20.1. The molecule has 10 heteroatoms. The molecule has 0 heterocycles. The molecule has 0 aromatic carbocycles. The van der Waals surface area contributed by atoms with Gasteiger partial charge in [-0.1, -0.05) is 106 Å². The maximum atomic E-state index is 12.2. The van der Waals surface area contributed by atoms with Crippen molar-refractivity contribution in [2.24, 2.45) is 11.8 Å². The lowest BCUT2D eigenvalue weighted by Crippen LogP contribution is -3.00. The molecule has 328 valence electrons. The Balaban J connectivity index is -0.000000420. The van der Waals surface area contributed by atoms with Crippen LogP contribution in [-0.2, 0) is 19.1 Å². The summed E-state index contributed by atoms with van der Waals surface area (Å²) in [7, 11) is 8.82. The van der Waals surface area contributed by atoms with Crippen molar-refractivity contribution in [3.63, 3.8) is 0 Å². The predicted octanol–water partition coefficient (Wildman–Crippen LogP) is 7.21. The van der Waals surface area contributed by atoms with E-state index in [2.05, 4.69) is 91.8 Å². The largest absolute Gasteiger partial charge is 1.00 e. The van der Waals surface area contributed by atoms with Crippen molar-refractivity contribution in [1.82, 2.24) is 15.1 Å². The Kier molecular flexibility index (Phi) is 50.1. The third-order valence-corrected chi connectivity index (χ3v) is 10.1. The van der Waals surface area contributed by atoms with Crippen LogP contribution in [0.4, 0.5) is 0 Å². The van der Waals surface area contributed by atoms with Crippen LogP contribution in [0.25, 0.3) is 0 Å². The highest BCUT2D eigenvalue weighted by Gasteiger charge is 2.16. The molecule has 1 N–H and O–H groups in total. The minimum atomic E-state index is -0.0694. The third-order valence-electron chi connectivity index (χ3n) is 9.81. The van der Waals surface area contributed by atoms with E-state index < -0.39 is 0 Å². The second-order valence-corrected chi connectivity index (χ2v) is 16.3. The first-order chi connectivity index (χ1) is 25.4. The molecule has 2 atom stereocenters. The minimum Gasteiger partial charge on any atom is -1.00 e. The lowest BCUT2D eigenvalue weighted by atomic mass is 10.0. The minimum absolute atomic E-state index is 0. The molecular formula is C44H94Cl2N4O4. The quantitative estimate of drug-likeness (QED) is 0.0319. The van der Waals surface area contributed by atoms with Crippen molar-refractivity contribution < 1.29 is 36.0 Å². The summed E-state index contributed by atoms with van der Waals surface area (Å²) >= 11 is 5.30. The van der Waals surface area contributed by atoms with Gasteiger partial charge in [-0.15, -0.1) is 11.6 Å². The number of nitrogens with zero attached hydrogens (tertiary/aromatic N) is 3. The topological polar surface area (TPSA) is 71.1 Å². The Morgan fingerprint density at radius 3 is 1.54 bits per heavy atom. The molecule has 2 unspecified atom stereocenters. The van der Waals surface area contributed by atoms with Gasteiger partial charge >= 0.3 is 11.9 Å². The van der Waals surface area contributed by atoms with E-state index in [1.165, 1.54) is 90.1 Å². The van der Waals surface area contributed by atoms with Crippen LogP contribution >= 0.6 is 11.6 Å². The lowest BCUT2D eigenvalue weighted by Gasteiger charge is -2.31. The molecule has 0 saturated heterocycles. The van der Waals surface area contributed by atoms with E-state index in [1.54, 1.807) is 0 Å². The van der Waals surface area contributed by atoms with E-state index in [9.17, 15) is 9.59 Å². The first kappa shape index (κ1) is 60.0. The Labute approximate surface area is 348 Å². The van der Waals surface area contributed by atoms with E-state index >= 15 is 0 Å². The zero-order valence-corrected chi connectivity index (χ0v) is 39.4. The van der Waals surface area contributed by atoms with Crippen LogP contribution in [0.1, 0.15) is 164 Å². The molecule has 0 aromatic heterocycles. The van der Waals surface area contributed by atoms with Gasteiger partial charge in [0.05, 0.1) is 53.2 Å². The normalized spacial score (nSPS) is 12.3. The molecule has 0 rings (SSSR count). The molecule has 0 spiro atoms. The molecule has 0 aliphatic heterocycles. The van der Waals surface area contributed by atoms with Gasteiger partial charge in [0.1, 0.15) is 0 Å². The van der Waals surface area contributed by atoms with Gasteiger partial charge in [0, 0.05) is 31.9 Å². The Morgan fingerprint density at radius 1 is 0.611 bits per heavy atom. The highest BCUT2D eigenvalue weighted by Crippen LogP contribution is 2.14. The van der Waals surface area contributed by atoms with Crippen LogP contribution in [0.5, 0.6) is 0 Å². The summed E-state index contributed by atoms with van der Waals surface area (Å²) in [6.45, 7) is 24.8. The van der Waals surface area contributed by atoms with Crippen molar-refractivity contribution in [3.8, 4) is 0 Å². The number of unbranched alkanes of at least 4 members (excludes halogenated alkanes) is 5. The lowest BCUT2D eigenvalue weighted by molar-refractivity contribution is -0.890. The molecule has 8 nitrogen and oxygen atoms in total. The first-order valence-corrected chi connectivity index (χ1v) is 22.7. The summed E-state index contributed by atoms with van der Waals surface area (Å²) in [4.78, 5) is 28.5. The van der Waals surface area contributed by atoms with Crippen LogP contribution in [0.15, 0.2) is 0 Å². The number of quaternary nitrogens is 1. The molecule has 0 aliphatic carbocycles. The Bertz CT molecular complexity index is 775. The molecule has 0 bridgehead atoms. The number of carbonyl (C=O) groups excluding carboxylic acids is 2. The highest BCUT2D eigenvalue weighted by atomic mass is 35.5. The van der Waals surface area contributed by atoms with Crippen LogP contribution in [0.3, 0.4) is 0 Å². The number of hydrogen-bond donors (Lipinski definition) is 1. The molecule has 54 heavy (non-hydrogen) atoms. The molecule has 0 fully saturated rings. The van der Waals surface area contributed by atoms with Crippen LogP contribution in [-0.4, -0.2) is 126 Å². The van der Waals surface area contributed by atoms with E-state index in [0.717, 1.165) is 75.3 Å². The van der Waals surface area contributed by atoms with Gasteiger partial charge in [-0.3, -0.25) is 9.59 Å². The fourth-order valence-electron chi connectivity index (χ4n) is 5.72. The predicted molar refractivity (Wildman–Crippen MR) is 232 cm³/mol. The number of carbonyl (C=O) groups is 2. The molecule has 0 aliphatic rings. The van der Waals surface area contributed by atoms with Crippen LogP contribution in [0, 0.1) is 11.8 Å². The van der Waals surface area contributed by atoms with Gasteiger partial charge in [-0.2, -0.15) is 0 Å². The molecular weight excluding hydrogens is 719 g/mol. The zero-order valence-electron chi connectivity index (χ0n) is 37.9. The summed E-state index contributed by atoms with van der Waals surface area (Å²) in [5.41, 5.74) is 0. The number of rotatable bonds is 34. The van der Waals surface area contributed by atoms with E-state index in [4.69, 9.17) is 21.1 Å². The summed E-state index contributed by atoms with van der Waals surface area (Å²) in [5, 5.41) is 3.28. The average molecular weight is 814 g/mol. The number of alkyl halides is 1. The third kappa shape index (κ3) is 45.7. The van der Waals surface area contributed by atoms with Gasteiger partial charge in [0.25, 0.3) is 0 Å². The molecule has 0 amide bonds. The van der Waals surface area contributed by atoms with Gasteiger partial charge in [0.15, 0.2) is 0 Å². The summed E-state index contributed by atoms with van der Waals surface area (Å²) < 4.78 is 12.0. The monoisotopic (exact) mass is 813 g/mol. The van der Waals surface area contributed by atoms with Gasteiger partial charge < -0.3 is 41.5 Å². The van der Waals surface area contributed by atoms with E-state index in [0.29, 0.717) is 37.9 Å². The molecule has 0 saturated carbocycles. The van der Waals surface area contributed by atoms with E-state index in [1.807, 2.05) is 0 Å². The fourth-order valence-corrected chi connectivity index (χ4v) is 5.99. The van der Waals surface area contributed by atoms with Crippen molar-refractivity contribution in [2.45, 2.75) is 164 Å². The fraction of sp³-hybridized carbons (Fsp3) is 0.955. The van der Waals surface area contributed by atoms with Gasteiger partial charge in [0.2, 0.25) is 0 Å². The first-order valence-electron chi connectivity index (χ1n) is 22.2. The zero-order chi connectivity index (χ0) is 40.6. The van der Waals surface area contributed by atoms with Crippen molar-refractivity contribution >= 4 is 23.5 Å². The second-order valence-electron chi connectivity index (χ2n) is 15.9. The van der Waals surface area contributed by atoms with Crippen molar-refractivity contribution in [2.75, 3.05) is 99.6 Å². The SMILES string of the molecule is CCCCC(CC)COC(=O)CCN(CCCC)CCC[N+](C)(C)CCCC.CCCCC(CC)COC(=O)CCNCCCN(C)C.CCCCCl.[Cl-]. The van der Waals surface area contributed by atoms with Crippen molar-refractivity contribution in [1.29, 1.82) is 0 Å². The average Bonchev–Trinajstić information content (AvgIpc) is 3.14. The van der Waals surface area contributed by atoms with Crippen LogP contribution < -0.4 is 17.7 Å². The van der Waals surface area contributed by atoms with E-state index in [-0.39, 0.29) is 24.3 Å². The number of hydrogen-bond acceptors (Lipinski definition) is 7. The number of halogens is 2. The number of ether oxygens (including phenoxy) is 2. The number of nitrogens with one attached hydrogen (secondary N) is 1. The maximum Gasteiger partial charge on any atom is 0.307 e. The second kappa shape index (κ2) is 45.1. The Morgan fingerprint density at radius 2 is 1.09 bits per heavy atom. The highest BCUT2D eigenvalue weighted by molar-refractivity contribution is 6.17. The smallest absolute Gasteiger partial charge is 0.307 e. The standard InChI is InChI=1S/C24H51N2O2.C16H34N2O2.C4H9Cl.ClH/c1-7-11-15-23(10-4)22-28-24(27)16-19-25(17-12-8-2)18-14-21-26(5,6)20-13-9-3;1-5-7-9-15(6-2)14-20-16(19)10-12-17-11-8-13-18(3)4;1-2-3-4-5;/h23H,7-22H2,1-6H3;15,17H,5-14H2,1-4H3;2-4H2,1H3;1H/q+1;;;/p-1.